The molecular weight excluding hydrogens is 458 g/mol. The van der Waals surface area contributed by atoms with E-state index < -0.39 is 23.6 Å². The van der Waals surface area contributed by atoms with E-state index in [1.54, 1.807) is 30.2 Å². The van der Waals surface area contributed by atoms with Gasteiger partial charge in [-0.2, -0.15) is 0 Å². The number of fused-ring (bicyclic) bond motifs is 1. The van der Waals surface area contributed by atoms with Crippen LogP contribution in [0.15, 0.2) is 88.1 Å². The van der Waals surface area contributed by atoms with E-state index in [1.165, 1.54) is 12.1 Å². The molecule has 1 aliphatic rings. The van der Waals surface area contributed by atoms with Crippen molar-refractivity contribution in [1.82, 2.24) is 0 Å². The van der Waals surface area contributed by atoms with Gasteiger partial charge in [0, 0.05) is 35.2 Å². The largest absolute Gasteiger partial charge is 0.496 e. The highest BCUT2D eigenvalue weighted by Gasteiger charge is 2.43. The molecule has 0 spiro atoms. The number of aryl methyl sites for hydroxylation is 1. The summed E-state index contributed by atoms with van der Waals surface area (Å²) in [6.07, 6.45) is 0.525. The molecule has 1 aliphatic heterocycles. The van der Waals surface area contributed by atoms with Crippen LogP contribution in [-0.2, 0) is 9.59 Å². The van der Waals surface area contributed by atoms with E-state index in [2.05, 4.69) is 0 Å². The van der Waals surface area contributed by atoms with Crippen molar-refractivity contribution in [3.63, 3.8) is 0 Å². The molecule has 1 aromatic heterocycles. The fourth-order valence-electron chi connectivity index (χ4n) is 4.71. The molecule has 1 saturated heterocycles. The number of hydrogen-bond donors (Lipinski definition) is 0. The molecule has 5 rings (SSSR count). The maximum absolute atomic E-state index is 13.6. The summed E-state index contributed by atoms with van der Waals surface area (Å²) in [5.41, 5.74) is 2.33. The normalized spacial score (nSPS) is 17.7. The van der Waals surface area contributed by atoms with Crippen LogP contribution in [0, 0.1) is 12.8 Å². The molecular formula is C29H25NO6. The van der Waals surface area contributed by atoms with Crippen molar-refractivity contribution >= 4 is 28.5 Å². The molecule has 1 amide bonds. The van der Waals surface area contributed by atoms with Crippen LogP contribution in [-0.4, -0.2) is 19.0 Å². The zero-order valence-corrected chi connectivity index (χ0v) is 20.0. The zero-order valence-electron chi connectivity index (χ0n) is 20.0. The number of esters is 1. The first-order valence-corrected chi connectivity index (χ1v) is 11.7. The number of rotatable bonds is 5. The van der Waals surface area contributed by atoms with Gasteiger partial charge >= 0.3 is 11.6 Å². The molecule has 3 aromatic carbocycles. The molecule has 1 fully saturated rings. The number of anilines is 1. The molecule has 182 valence electrons. The van der Waals surface area contributed by atoms with Crippen LogP contribution < -0.4 is 20.0 Å². The molecule has 7 heteroatoms. The van der Waals surface area contributed by atoms with Gasteiger partial charge in [-0.25, -0.2) is 4.79 Å². The zero-order chi connectivity index (χ0) is 25.2. The summed E-state index contributed by atoms with van der Waals surface area (Å²) in [6, 6.07) is 22.3. The van der Waals surface area contributed by atoms with Crippen LogP contribution >= 0.6 is 0 Å². The lowest BCUT2D eigenvalue weighted by molar-refractivity contribution is -0.141. The highest BCUT2D eigenvalue weighted by Crippen LogP contribution is 2.43. The van der Waals surface area contributed by atoms with E-state index in [1.807, 2.05) is 55.5 Å². The van der Waals surface area contributed by atoms with Gasteiger partial charge < -0.3 is 18.8 Å². The van der Waals surface area contributed by atoms with Crippen molar-refractivity contribution in [2.45, 2.75) is 25.8 Å². The molecule has 0 N–H and O–H groups in total. The maximum atomic E-state index is 13.6. The molecule has 0 radical (unpaired) electrons. The number of carbonyl (C=O) groups is 2. The number of para-hydroxylation sites is 1. The SMILES string of the molecule is COc1ccccc1C1C(C(=O)Oc2ccc3ccc(=O)oc3c2)CCC(=O)N1c1ccc(C)cc1. The molecule has 4 aromatic rings. The first-order chi connectivity index (χ1) is 17.4. The lowest BCUT2D eigenvalue weighted by Gasteiger charge is -2.40. The summed E-state index contributed by atoms with van der Waals surface area (Å²) in [4.78, 5) is 40.2. The molecule has 7 nitrogen and oxygen atoms in total. The molecule has 0 bridgehead atoms. The Morgan fingerprint density at radius 1 is 0.972 bits per heavy atom. The molecule has 2 unspecified atom stereocenters. The van der Waals surface area contributed by atoms with Gasteiger partial charge in [-0.1, -0.05) is 35.9 Å². The van der Waals surface area contributed by atoms with Gasteiger partial charge in [0.15, 0.2) is 0 Å². The van der Waals surface area contributed by atoms with E-state index in [-0.39, 0.29) is 18.1 Å². The minimum atomic E-state index is -0.654. The van der Waals surface area contributed by atoms with Crippen molar-refractivity contribution < 1.29 is 23.5 Å². The number of methoxy groups -OCH3 is 1. The molecule has 0 saturated carbocycles. The summed E-state index contributed by atoms with van der Waals surface area (Å²) >= 11 is 0. The number of benzene rings is 3. The Morgan fingerprint density at radius 3 is 2.50 bits per heavy atom. The lowest BCUT2D eigenvalue weighted by atomic mass is 9.83. The Labute approximate surface area is 207 Å². The van der Waals surface area contributed by atoms with Gasteiger partial charge in [0.25, 0.3) is 0 Å². The van der Waals surface area contributed by atoms with Crippen LogP contribution in [0.5, 0.6) is 11.5 Å². The standard InChI is InChI=1S/C29H25NO6/c1-18-7-11-20(12-8-18)30-26(31)15-14-23(28(30)22-5-3-4-6-24(22)34-2)29(33)35-21-13-9-19-10-16-27(32)36-25(19)17-21/h3-13,16-17,23,28H,14-15H2,1-2H3. The van der Waals surface area contributed by atoms with Gasteiger partial charge in [0.2, 0.25) is 5.91 Å². The number of carbonyl (C=O) groups excluding carboxylic acids is 2. The van der Waals surface area contributed by atoms with E-state index in [0.717, 1.165) is 16.5 Å². The molecule has 2 atom stereocenters. The topological polar surface area (TPSA) is 86.0 Å². The van der Waals surface area contributed by atoms with Gasteiger partial charge in [0.05, 0.1) is 19.1 Å². The number of amides is 1. The predicted octanol–water partition coefficient (Wildman–Crippen LogP) is 5.20. The molecule has 36 heavy (non-hydrogen) atoms. The smallest absolute Gasteiger partial charge is 0.336 e. The van der Waals surface area contributed by atoms with Gasteiger partial charge in [-0.15, -0.1) is 0 Å². The van der Waals surface area contributed by atoms with Crippen molar-refractivity contribution in [3.05, 3.63) is 100 Å². The van der Waals surface area contributed by atoms with Crippen molar-refractivity contribution in [1.29, 1.82) is 0 Å². The van der Waals surface area contributed by atoms with E-state index in [9.17, 15) is 14.4 Å². The third-order valence-electron chi connectivity index (χ3n) is 6.48. The first kappa shape index (κ1) is 23.4. The Morgan fingerprint density at radius 2 is 1.72 bits per heavy atom. The minimum absolute atomic E-state index is 0.0775. The average Bonchev–Trinajstić information content (AvgIpc) is 2.88. The van der Waals surface area contributed by atoms with Crippen LogP contribution in [0.4, 0.5) is 5.69 Å². The number of piperidine rings is 1. The minimum Gasteiger partial charge on any atom is -0.496 e. The summed E-state index contributed by atoms with van der Waals surface area (Å²) in [5, 5.41) is 0.718. The van der Waals surface area contributed by atoms with Crippen molar-refractivity contribution in [2.75, 3.05) is 12.0 Å². The van der Waals surface area contributed by atoms with Crippen LogP contribution in [0.2, 0.25) is 0 Å². The number of hydrogen-bond acceptors (Lipinski definition) is 6. The highest BCUT2D eigenvalue weighted by atomic mass is 16.5. The van der Waals surface area contributed by atoms with Gasteiger partial charge in [0.1, 0.15) is 17.1 Å². The monoisotopic (exact) mass is 483 g/mol. The summed E-state index contributed by atoms with van der Waals surface area (Å²) in [5.74, 6) is -0.364. The highest BCUT2D eigenvalue weighted by molar-refractivity contribution is 5.97. The number of nitrogens with zero attached hydrogens (tertiary/aromatic N) is 1. The van der Waals surface area contributed by atoms with E-state index in [4.69, 9.17) is 13.9 Å². The third-order valence-corrected chi connectivity index (χ3v) is 6.48. The van der Waals surface area contributed by atoms with Crippen LogP contribution in [0.25, 0.3) is 11.0 Å². The van der Waals surface area contributed by atoms with Crippen molar-refractivity contribution in [3.8, 4) is 11.5 Å². The van der Waals surface area contributed by atoms with Crippen LogP contribution in [0.3, 0.4) is 0 Å². The number of ether oxygens (including phenoxy) is 2. The fourth-order valence-corrected chi connectivity index (χ4v) is 4.71. The average molecular weight is 484 g/mol. The Bertz CT molecular complexity index is 1490. The Hall–Kier alpha value is -4.39. The Balaban J connectivity index is 1.55. The second-order valence-corrected chi connectivity index (χ2v) is 8.81. The van der Waals surface area contributed by atoms with E-state index in [0.29, 0.717) is 23.4 Å². The molecule has 2 heterocycles. The quantitative estimate of drug-likeness (QED) is 0.220. The fraction of sp³-hybridized carbons (Fsp3) is 0.207. The third kappa shape index (κ3) is 4.47. The summed E-state index contributed by atoms with van der Waals surface area (Å²) in [6.45, 7) is 1.98. The second-order valence-electron chi connectivity index (χ2n) is 8.81. The Kier molecular flexibility index (Phi) is 6.29. The molecule has 0 aliphatic carbocycles. The van der Waals surface area contributed by atoms with Gasteiger partial charge in [-0.3, -0.25) is 9.59 Å². The second kappa shape index (κ2) is 9.70. The predicted molar refractivity (Wildman–Crippen MR) is 135 cm³/mol. The van der Waals surface area contributed by atoms with Crippen molar-refractivity contribution in [2.24, 2.45) is 5.92 Å². The van der Waals surface area contributed by atoms with Gasteiger partial charge in [-0.05, 0) is 49.7 Å². The lowest BCUT2D eigenvalue weighted by Crippen LogP contribution is -2.46. The van der Waals surface area contributed by atoms with E-state index >= 15 is 0 Å². The summed E-state index contributed by atoms with van der Waals surface area (Å²) in [7, 11) is 1.57. The maximum Gasteiger partial charge on any atom is 0.336 e. The first-order valence-electron chi connectivity index (χ1n) is 11.7. The van der Waals surface area contributed by atoms with Crippen LogP contribution in [0.1, 0.15) is 30.0 Å². The summed E-state index contributed by atoms with van der Waals surface area (Å²) < 4.78 is 16.6.